The lowest BCUT2D eigenvalue weighted by atomic mass is 10.0. The Labute approximate surface area is 154 Å². The van der Waals surface area contributed by atoms with E-state index >= 15 is 0 Å². The normalized spacial score (nSPS) is 15.6. The van der Waals surface area contributed by atoms with Crippen molar-refractivity contribution in [1.29, 1.82) is 0 Å². The fourth-order valence-corrected chi connectivity index (χ4v) is 3.17. The largest absolute Gasteiger partial charge is 0.339 e. The summed E-state index contributed by atoms with van der Waals surface area (Å²) in [6.07, 6.45) is 0.288. The molecule has 0 saturated carbocycles. The molecule has 1 aliphatic rings. The molecule has 1 fully saturated rings. The zero-order valence-corrected chi connectivity index (χ0v) is 15.1. The van der Waals surface area contributed by atoms with Crippen LogP contribution in [0.1, 0.15) is 33.9 Å². The van der Waals surface area contributed by atoms with Gasteiger partial charge in [-0.25, -0.2) is 0 Å². The van der Waals surface area contributed by atoms with E-state index < -0.39 is 0 Å². The lowest BCUT2D eigenvalue weighted by Gasteiger charge is -2.35. The van der Waals surface area contributed by atoms with Gasteiger partial charge in [0.1, 0.15) is 0 Å². The molecule has 1 atom stereocenters. The van der Waals surface area contributed by atoms with Crippen molar-refractivity contribution in [2.75, 3.05) is 26.2 Å². The van der Waals surface area contributed by atoms with Crippen LogP contribution >= 0.6 is 0 Å². The van der Waals surface area contributed by atoms with Crippen molar-refractivity contribution in [1.82, 2.24) is 9.80 Å². The molecule has 0 aliphatic carbocycles. The first kappa shape index (κ1) is 18.1. The number of piperazine rings is 1. The van der Waals surface area contributed by atoms with Crippen molar-refractivity contribution in [3.8, 4) is 0 Å². The molecule has 1 unspecified atom stereocenters. The van der Waals surface area contributed by atoms with E-state index in [0.29, 0.717) is 31.7 Å². The average molecular weight is 351 g/mol. The van der Waals surface area contributed by atoms with Crippen molar-refractivity contribution in [2.45, 2.75) is 19.4 Å². The van der Waals surface area contributed by atoms with Gasteiger partial charge in [-0.3, -0.25) is 9.59 Å². The third-order valence-corrected chi connectivity index (χ3v) is 4.84. The molecule has 26 heavy (non-hydrogen) atoms. The molecule has 0 bridgehead atoms. The van der Waals surface area contributed by atoms with Crippen LogP contribution in [0.3, 0.4) is 0 Å². The summed E-state index contributed by atoms with van der Waals surface area (Å²) in [5, 5.41) is 0. The Morgan fingerprint density at radius 3 is 2.12 bits per heavy atom. The van der Waals surface area contributed by atoms with Crippen LogP contribution in [-0.4, -0.2) is 47.8 Å². The van der Waals surface area contributed by atoms with Crippen molar-refractivity contribution in [2.24, 2.45) is 5.73 Å². The van der Waals surface area contributed by atoms with Gasteiger partial charge in [0.15, 0.2) is 0 Å². The van der Waals surface area contributed by atoms with Gasteiger partial charge in [0, 0.05) is 44.2 Å². The van der Waals surface area contributed by atoms with Gasteiger partial charge in [0.2, 0.25) is 5.91 Å². The summed E-state index contributed by atoms with van der Waals surface area (Å²) in [5.41, 5.74) is 8.95. The highest BCUT2D eigenvalue weighted by Crippen LogP contribution is 2.16. The Balaban J connectivity index is 1.52. The average Bonchev–Trinajstić information content (AvgIpc) is 2.69. The molecule has 2 N–H and O–H groups in total. The SMILES string of the molecule is Cc1ccc(C(=O)N2CCN(C(=O)CC(N)c3ccccc3)CC2)cc1. The van der Waals surface area contributed by atoms with Crippen LogP contribution in [0.5, 0.6) is 0 Å². The quantitative estimate of drug-likeness (QED) is 0.920. The lowest BCUT2D eigenvalue weighted by molar-refractivity contribution is -0.133. The van der Waals surface area contributed by atoms with Gasteiger partial charge in [-0.1, -0.05) is 48.0 Å². The summed E-state index contributed by atoms with van der Waals surface area (Å²) in [6, 6.07) is 17.0. The van der Waals surface area contributed by atoms with Gasteiger partial charge in [0.25, 0.3) is 5.91 Å². The van der Waals surface area contributed by atoms with E-state index in [4.69, 9.17) is 5.73 Å². The van der Waals surface area contributed by atoms with E-state index in [1.165, 1.54) is 0 Å². The Hall–Kier alpha value is -2.66. The first-order valence-electron chi connectivity index (χ1n) is 8.99. The second-order valence-corrected chi connectivity index (χ2v) is 6.76. The molecule has 0 radical (unpaired) electrons. The van der Waals surface area contributed by atoms with Crippen LogP contribution in [-0.2, 0) is 4.79 Å². The van der Waals surface area contributed by atoms with Crippen molar-refractivity contribution in [3.63, 3.8) is 0 Å². The van der Waals surface area contributed by atoms with Crippen LogP contribution in [0.25, 0.3) is 0 Å². The second-order valence-electron chi connectivity index (χ2n) is 6.76. The summed E-state index contributed by atoms with van der Waals surface area (Å²) in [7, 11) is 0. The number of rotatable bonds is 4. The summed E-state index contributed by atoms with van der Waals surface area (Å²) in [4.78, 5) is 28.7. The molecule has 0 spiro atoms. The Morgan fingerprint density at radius 1 is 0.923 bits per heavy atom. The predicted molar refractivity (Wildman–Crippen MR) is 102 cm³/mol. The Kier molecular flexibility index (Phi) is 5.68. The maximum absolute atomic E-state index is 12.6. The third kappa shape index (κ3) is 4.29. The second kappa shape index (κ2) is 8.15. The van der Waals surface area contributed by atoms with E-state index in [1.54, 1.807) is 0 Å². The molecule has 2 aromatic carbocycles. The third-order valence-electron chi connectivity index (χ3n) is 4.84. The van der Waals surface area contributed by atoms with Crippen LogP contribution in [0.15, 0.2) is 54.6 Å². The zero-order valence-electron chi connectivity index (χ0n) is 15.1. The maximum atomic E-state index is 12.6. The molecule has 5 nitrogen and oxygen atoms in total. The van der Waals surface area contributed by atoms with E-state index in [1.807, 2.05) is 71.3 Å². The standard InChI is InChI=1S/C21H25N3O2/c1-16-7-9-18(10-8-16)21(26)24-13-11-23(12-14-24)20(25)15-19(22)17-5-3-2-4-6-17/h2-10,19H,11-15,22H2,1H3. The number of carbonyl (C=O) groups excluding carboxylic acids is 2. The van der Waals surface area contributed by atoms with E-state index in [9.17, 15) is 9.59 Å². The van der Waals surface area contributed by atoms with Crippen molar-refractivity contribution >= 4 is 11.8 Å². The smallest absolute Gasteiger partial charge is 0.253 e. The Bertz CT molecular complexity index is 751. The van der Waals surface area contributed by atoms with E-state index in [0.717, 1.165) is 11.1 Å². The number of carbonyl (C=O) groups is 2. The van der Waals surface area contributed by atoms with Gasteiger partial charge in [-0.2, -0.15) is 0 Å². The fourth-order valence-electron chi connectivity index (χ4n) is 3.17. The van der Waals surface area contributed by atoms with E-state index in [-0.39, 0.29) is 24.3 Å². The monoisotopic (exact) mass is 351 g/mol. The number of hydrogen-bond donors (Lipinski definition) is 1. The maximum Gasteiger partial charge on any atom is 0.253 e. The minimum atomic E-state index is -0.295. The van der Waals surface area contributed by atoms with Gasteiger partial charge in [-0.15, -0.1) is 0 Å². The number of amides is 2. The summed E-state index contributed by atoms with van der Waals surface area (Å²) < 4.78 is 0. The highest BCUT2D eigenvalue weighted by atomic mass is 16.2. The number of hydrogen-bond acceptors (Lipinski definition) is 3. The lowest BCUT2D eigenvalue weighted by Crippen LogP contribution is -2.51. The molecular weight excluding hydrogens is 326 g/mol. The molecule has 3 rings (SSSR count). The zero-order chi connectivity index (χ0) is 18.5. The fraction of sp³-hybridized carbons (Fsp3) is 0.333. The van der Waals surface area contributed by atoms with Gasteiger partial charge >= 0.3 is 0 Å². The van der Waals surface area contributed by atoms with Crippen LogP contribution < -0.4 is 5.73 Å². The van der Waals surface area contributed by atoms with Gasteiger partial charge < -0.3 is 15.5 Å². The van der Waals surface area contributed by atoms with Crippen molar-refractivity contribution in [3.05, 3.63) is 71.3 Å². The Morgan fingerprint density at radius 2 is 1.50 bits per heavy atom. The van der Waals surface area contributed by atoms with E-state index in [2.05, 4.69) is 0 Å². The highest BCUT2D eigenvalue weighted by molar-refractivity contribution is 5.94. The summed E-state index contributed by atoms with van der Waals surface area (Å²) in [6.45, 7) is 4.22. The van der Waals surface area contributed by atoms with Crippen molar-refractivity contribution < 1.29 is 9.59 Å². The molecule has 5 heteroatoms. The molecule has 136 valence electrons. The minimum absolute atomic E-state index is 0.0260. The first-order chi connectivity index (χ1) is 12.5. The molecular formula is C21H25N3O2. The number of aryl methyl sites for hydroxylation is 1. The first-order valence-corrected chi connectivity index (χ1v) is 8.99. The molecule has 0 aromatic heterocycles. The van der Waals surface area contributed by atoms with Gasteiger partial charge in [-0.05, 0) is 24.6 Å². The summed E-state index contributed by atoms with van der Waals surface area (Å²) >= 11 is 0. The van der Waals surface area contributed by atoms with Gasteiger partial charge in [0.05, 0.1) is 0 Å². The molecule has 1 aliphatic heterocycles. The molecule has 1 heterocycles. The molecule has 2 amide bonds. The topological polar surface area (TPSA) is 66.6 Å². The highest BCUT2D eigenvalue weighted by Gasteiger charge is 2.25. The molecule has 2 aromatic rings. The number of nitrogens with two attached hydrogens (primary N) is 1. The number of nitrogens with zero attached hydrogens (tertiary/aromatic N) is 2. The van der Waals surface area contributed by atoms with Crippen LogP contribution in [0.4, 0.5) is 0 Å². The van der Waals surface area contributed by atoms with Crippen LogP contribution in [0, 0.1) is 6.92 Å². The summed E-state index contributed by atoms with van der Waals surface area (Å²) in [5.74, 6) is 0.0712. The van der Waals surface area contributed by atoms with Crippen LogP contribution in [0.2, 0.25) is 0 Å². The predicted octanol–water partition coefficient (Wildman–Crippen LogP) is 2.37. The molecule has 1 saturated heterocycles. The number of benzene rings is 2. The minimum Gasteiger partial charge on any atom is -0.339 e.